The Bertz CT molecular complexity index is 447. The highest BCUT2D eigenvalue weighted by Gasteiger charge is 2.36. The van der Waals surface area contributed by atoms with E-state index in [1.54, 1.807) is 0 Å². The lowest BCUT2D eigenvalue weighted by Gasteiger charge is -2.31. The summed E-state index contributed by atoms with van der Waals surface area (Å²) in [6.45, 7) is 4.25. The van der Waals surface area contributed by atoms with Crippen LogP contribution >= 0.6 is 0 Å². The van der Waals surface area contributed by atoms with Crippen LogP contribution in [0, 0.1) is 11.7 Å². The highest BCUT2D eigenvalue weighted by atomic mass is 19.1. The average molecular weight is 277 g/mol. The van der Waals surface area contributed by atoms with Gasteiger partial charge in [-0.05, 0) is 42.9 Å². The van der Waals surface area contributed by atoms with E-state index in [0.29, 0.717) is 12.3 Å². The molecule has 0 aromatic heterocycles. The molecule has 1 aromatic rings. The Morgan fingerprint density at radius 2 is 1.85 bits per heavy atom. The molecule has 0 saturated heterocycles. The Balaban J connectivity index is 2.10. The first-order valence-electron chi connectivity index (χ1n) is 7.59. The Kier molecular flexibility index (Phi) is 4.79. The molecule has 1 N–H and O–H groups in total. The maximum absolute atomic E-state index is 13.1. The molecule has 0 unspecified atom stereocenters. The van der Waals surface area contributed by atoms with Gasteiger partial charge < -0.3 is 5.32 Å². The third kappa shape index (κ3) is 3.59. The molecule has 2 rings (SSSR count). The van der Waals surface area contributed by atoms with E-state index in [-0.39, 0.29) is 17.3 Å². The summed E-state index contributed by atoms with van der Waals surface area (Å²) in [6, 6.07) is 6.58. The molecule has 2 nitrogen and oxygen atoms in total. The van der Waals surface area contributed by atoms with Gasteiger partial charge in [-0.15, -0.1) is 0 Å². The summed E-state index contributed by atoms with van der Waals surface area (Å²) in [5, 5.41) is 3.22. The topological polar surface area (TPSA) is 29.1 Å². The number of carbonyl (C=O) groups is 1. The van der Waals surface area contributed by atoms with Crippen molar-refractivity contribution < 1.29 is 9.18 Å². The van der Waals surface area contributed by atoms with Gasteiger partial charge in [0.15, 0.2) is 0 Å². The van der Waals surface area contributed by atoms with E-state index in [0.717, 1.165) is 37.7 Å². The van der Waals surface area contributed by atoms with E-state index in [9.17, 15) is 9.18 Å². The van der Waals surface area contributed by atoms with Crippen molar-refractivity contribution in [2.45, 2.75) is 57.9 Å². The third-order valence-corrected chi connectivity index (χ3v) is 4.18. The Hall–Kier alpha value is -1.38. The van der Waals surface area contributed by atoms with E-state index >= 15 is 0 Å². The van der Waals surface area contributed by atoms with Crippen LogP contribution < -0.4 is 5.32 Å². The van der Waals surface area contributed by atoms with Gasteiger partial charge in [-0.2, -0.15) is 0 Å². The average Bonchev–Trinajstić information content (AvgIpc) is 2.87. The van der Waals surface area contributed by atoms with Crippen molar-refractivity contribution in [2.75, 3.05) is 0 Å². The fourth-order valence-corrected chi connectivity index (χ4v) is 2.98. The molecule has 0 radical (unpaired) electrons. The van der Waals surface area contributed by atoms with Crippen LogP contribution in [0.15, 0.2) is 24.3 Å². The van der Waals surface area contributed by atoms with Crippen LogP contribution in [0.1, 0.15) is 57.9 Å². The monoisotopic (exact) mass is 277 g/mol. The fraction of sp³-hybridized carbons (Fsp3) is 0.588. The van der Waals surface area contributed by atoms with Crippen LogP contribution in [-0.2, 0) is 10.3 Å². The number of rotatable bonds is 5. The third-order valence-electron chi connectivity index (χ3n) is 4.18. The predicted octanol–water partition coefficient (Wildman–Crippen LogP) is 4.15. The molecule has 1 saturated carbocycles. The summed E-state index contributed by atoms with van der Waals surface area (Å²) < 4.78 is 13.1. The van der Waals surface area contributed by atoms with E-state index in [1.165, 1.54) is 12.1 Å². The van der Waals surface area contributed by atoms with Gasteiger partial charge in [0.05, 0.1) is 5.54 Å². The van der Waals surface area contributed by atoms with Crippen molar-refractivity contribution in [2.24, 2.45) is 5.92 Å². The van der Waals surface area contributed by atoms with Gasteiger partial charge in [0.25, 0.3) is 0 Å². The Morgan fingerprint density at radius 1 is 1.25 bits per heavy atom. The number of hydrogen-bond donors (Lipinski definition) is 1. The molecule has 1 aromatic carbocycles. The van der Waals surface area contributed by atoms with Crippen LogP contribution in [0.4, 0.5) is 4.39 Å². The van der Waals surface area contributed by atoms with Gasteiger partial charge in [-0.1, -0.05) is 38.8 Å². The second-order valence-electron chi connectivity index (χ2n) is 6.28. The first-order chi connectivity index (χ1) is 9.52. The second-order valence-corrected chi connectivity index (χ2v) is 6.28. The van der Waals surface area contributed by atoms with Gasteiger partial charge in [0.1, 0.15) is 5.82 Å². The first kappa shape index (κ1) is 15.0. The highest BCUT2D eigenvalue weighted by Crippen LogP contribution is 2.38. The molecule has 0 spiro atoms. The zero-order chi connectivity index (χ0) is 14.6. The van der Waals surface area contributed by atoms with Crippen molar-refractivity contribution in [3.05, 3.63) is 35.6 Å². The summed E-state index contributed by atoms with van der Waals surface area (Å²) >= 11 is 0. The lowest BCUT2D eigenvalue weighted by Crippen LogP contribution is -2.43. The molecule has 3 heteroatoms. The lowest BCUT2D eigenvalue weighted by molar-refractivity contribution is -0.123. The Morgan fingerprint density at radius 3 is 2.40 bits per heavy atom. The summed E-state index contributed by atoms with van der Waals surface area (Å²) in [5.41, 5.74) is 0.760. The summed E-state index contributed by atoms with van der Waals surface area (Å²) in [4.78, 5) is 12.2. The van der Waals surface area contributed by atoms with Crippen molar-refractivity contribution in [3.8, 4) is 0 Å². The van der Waals surface area contributed by atoms with Gasteiger partial charge in [0, 0.05) is 6.42 Å². The van der Waals surface area contributed by atoms with E-state index < -0.39 is 0 Å². The molecule has 20 heavy (non-hydrogen) atoms. The summed E-state index contributed by atoms with van der Waals surface area (Å²) in [7, 11) is 0. The minimum absolute atomic E-state index is 0.116. The smallest absolute Gasteiger partial charge is 0.220 e. The van der Waals surface area contributed by atoms with Crippen molar-refractivity contribution >= 4 is 5.91 Å². The zero-order valence-electron chi connectivity index (χ0n) is 12.4. The molecule has 0 aliphatic heterocycles. The minimum atomic E-state index is -0.276. The van der Waals surface area contributed by atoms with Gasteiger partial charge >= 0.3 is 0 Å². The maximum Gasteiger partial charge on any atom is 0.220 e. The van der Waals surface area contributed by atoms with E-state index in [1.807, 2.05) is 12.1 Å². The minimum Gasteiger partial charge on any atom is -0.347 e. The molecule has 0 atom stereocenters. The predicted molar refractivity (Wildman–Crippen MR) is 78.8 cm³/mol. The van der Waals surface area contributed by atoms with Crippen LogP contribution in [0.5, 0.6) is 0 Å². The largest absolute Gasteiger partial charge is 0.347 e. The number of hydrogen-bond acceptors (Lipinski definition) is 1. The number of benzene rings is 1. The first-order valence-corrected chi connectivity index (χ1v) is 7.59. The summed E-state index contributed by atoms with van der Waals surface area (Å²) in [6.07, 6.45) is 5.60. The summed E-state index contributed by atoms with van der Waals surface area (Å²) in [5.74, 6) is 0.420. The van der Waals surface area contributed by atoms with Gasteiger partial charge in [-0.25, -0.2) is 4.39 Å². The van der Waals surface area contributed by atoms with Crippen molar-refractivity contribution in [1.29, 1.82) is 0 Å². The van der Waals surface area contributed by atoms with Crippen molar-refractivity contribution in [1.82, 2.24) is 5.32 Å². The lowest BCUT2D eigenvalue weighted by atomic mass is 9.87. The number of amides is 1. The zero-order valence-corrected chi connectivity index (χ0v) is 12.4. The van der Waals surface area contributed by atoms with E-state index in [2.05, 4.69) is 19.2 Å². The molecular weight excluding hydrogens is 253 g/mol. The van der Waals surface area contributed by atoms with Crippen LogP contribution in [-0.4, -0.2) is 5.91 Å². The highest BCUT2D eigenvalue weighted by molar-refractivity contribution is 5.77. The maximum atomic E-state index is 13.1. The molecule has 0 heterocycles. The normalized spacial score (nSPS) is 17.4. The van der Waals surface area contributed by atoms with Gasteiger partial charge in [-0.3, -0.25) is 4.79 Å². The molecule has 1 amide bonds. The van der Waals surface area contributed by atoms with Gasteiger partial charge in [0.2, 0.25) is 5.91 Å². The standard InChI is InChI=1S/C17H24FNO/c1-13(2)5-10-16(20)19-17(11-3-4-12-17)14-6-8-15(18)9-7-14/h6-9,13H,3-5,10-12H2,1-2H3,(H,19,20). The van der Waals surface area contributed by atoms with Crippen LogP contribution in [0.3, 0.4) is 0 Å². The van der Waals surface area contributed by atoms with Crippen LogP contribution in [0.25, 0.3) is 0 Å². The Labute approximate surface area is 120 Å². The SMILES string of the molecule is CC(C)CCC(=O)NC1(c2ccc(F)cc2)CCCC1. The van der Waals surface area contributed by atoms with Crippen molar-refractivity contribution in [3.63, 3.8) is 0 Å². The molecule has 1 aliphatic rings. The van der Waals surface area contributed by atoms with E-state index in [4.69, 9.17) is 0 Å². The number of halogens is 1. The molecule has 110 valence electrons. The second kappa shape index (κ2) is 6.38. The number of nitrogens with one attached hydrogen (secondary N) is 1. The quantitative estimate of drug-likeness (QED) is 0.860. The van der Waals surface area contributed by atoms with Crippen LogP contribution in [0.2, 0.25) is 0 Å². The molecule has 0 bridgehead atoms. The molecule has 1 aliphatic carbocycles. The molecular formula is C17H24FNO. The fourth-order valence-electron chi connectivity index (χ4n) is 2.98. The molecule has 1 fully saturated rings. The number of carbonyl (C=O) groups excluding carboxylic acids is 1.